The number of rotatable bonds is 4. The third-order valence-corrected chi connectivity index (χ3v) is 4.13. The summed E-state index contributed by atoms with van der Waals surface area (Å²) in [4.78, 5) is 23.9. The first-order chi connectivity index (χ1) is 12.9. The van der Waals surface area contributed by atoms with Gasteiger partial charge >= 0.3 is 0 Å². The van der Waals surface area contributed by atoms with Crippen molar-refractivity contribution in [3.63, 3.8) is 0 Å². The molecule has 1 amide bonds. The average Bonchev–Trinajstić information content (AvgIpc) is 2.68. The molecule has 27 heavy (non-hydrogen) atoms. The smallest absolute Gasteiger partial charge is 0.275 e. The lowest BCUT2D eigenvalue weighted by atomic mass is 10.0. The summed E-state index contributed by atoms with van der Waals surface area (Å²) in [7, 11) is 2.92. The second-order valence-electron chi connectivity index (χ2n) is 5.61. The molecule has 0 aliphatic carbocycles. The summed E-state index contributed by atoms with van der Waals surface area (Å²) in [6.45, 7) is 0. The van der Waals surface area contributed by atoms with E-state index in [9.17, 15) is 14.7 Å². The lowest BCUT2D eigenvalue weighted by molar-refractivity contribution is 0.0954. The van der Waals surface area contributed by atoms with Crippen LogP contribution in [0.15, 0.2) is 53.5 Å². The van der Waals surface area contributed by atoms with Gasteiger partial charge in [0.25, 0.3) is 11.3 Å². The molecule has 3 aromatic rings. The normalized spacial score (nSPS) is 10.5. The number of nitrogens with one attached hydrogen (secondary N) is 1. The second kappa shape index (κ2) is 7.51. The summed E-state index contributed by atoms with van der Waals surface area (Å²) in [6, 6.07) is 12.4. The van der Waals surface area contributed by atoms with Crippen LogP contribution in [0.2, 0.25) is 5.02 Å². The van der Waals surface area contributed by atoms with Crippen molar-refractivity contribution in [2.24, 2.45) is 0 Å². The van der Waals surface area contributed by atoms with Crippen molar-refractivity contribution in [3.8, 4) is 28.3 Å². The van der Waals surface area contributed by atoms with Gasteiger partial charge in [-0.15, -0.1) is 0 Å². The summed E-state index contributed by atoms with van der Waals surface area (Å²) in [5.74, 6) is -0.692. The standard InChI is InChI=1S/C19H16ClN3O4/c1-21-19(26)17-18(25)16(24)10-23(22-17)15-6-4-3-5-14(15)11-7-12(20)9-13(8-11)27-2/h3-10,24H,1-2H3,(H,21,26). The molecule has 0 unspecified atom stereocenters. The van der Waals surface area contributed by atoms with Crippen molar-refractivity contribution in [1.82, 2.24) is 15.1 Å². The maximum Gasteiger partial charge on any atom is 0.275 e. The van der Waals surface area contributed by atoms with E-state index in [1.807, 2.05) is 12.1 Å². The Balaban J connectivity index is 2.24. The summed E-state index contributed by atoms with van der Waals surface area (Å²) < 4.78 is 6.54. The maximum absolute atomic E-state index is 12.0. The van der Waals surface area contributed by atoms with Crippen LogP contribution in [0.1, 0.15) is 10.5 Å². The monoisotopic (exact) mass is 385 g/mol. The molecule has 0 saturated carbocycles. The van der Waals surface area contributed by atoms with Gasteiger partial charge in [-0.2, -0.15) is 5.10 Å². The first-order valence-corrected chi connectivity index (χ1v) is 8.31. The zero-order chi connectivity index (χ0) is 19.6. The van der Waals surface area contributed by atoms with Crippen LogP contribution in [0.25, 0.3) is 16.8 Å². The van der Waals surface area contributed by atoms with Gasteiger partial charge in [0.1, 0.15) is 5.75 Å². The number of hydrogen-bond donors (Lipinski definition) is 2. The molecule has 0 aliphatic rings. The number of benzene rings is 2. The number of nitrogens with zero attached hydrogens (tertiary/aromatic N) is 2. The number of ether oxygens (including phenoxy) is 1. The molecule has 0 aliphatic heterocycles. The summed E-state index contributed by atoms with van der Waals surface area (Å²) in [5, 5.41) is 16.9. The second-order valence-corrected chi connectivity index (χ2v) is 6.05. The highest BCUT2D eigenvalue weighted by atomic mass is 35.5. The zero-order valence-electron chi connectivity index (χ0n) is 14.6. The Kier molecular flexibility index (Phi) is 5.14. The SMILES string of the molecule is CNC(=O)c1nn(-c2ccccc2-c2cc(Cl)cc(OC)c2)cc(O)c1=O. The number of amides is 1. The molecule has 138 valence electrons. The van der Waals surface area contributed by atoms with Gasteiger partial charge in [-0.25, -0.2) is 4.68 Å². The van der Waals surface area contributed by atoms with Crippen LogP contribution in [0.3, 0.4) is 0 Å². The molecular formula is C19H16ClN3O4. The van der Waals surface area contributed by atoms with Crippen LogP contribution < -0.4 is 15.5 Å². The van der Waals surface area contributed by atoms with Crippen molar-refractivity contribution >= 4 is 17.5 Å². The zero-order valence-corrected chi connectivity index (χ0v) is 15.3. The highest BCUT2D eigenvalue weighted by Gasteiger charge is 2.17. The van der Waals surface area contributed by atoms with Gasteiger partial charge in [0.15, 0.2) is 11.4 Å². The van der Waals surface area contributed by atoms with E-state index in [1.54, 1.807) is 30.3 Å². The van der Waals surface area contributed by atoms with E-state index in [0.29, 0.717) is 16.5 Å². The Bertz CT molecular complexity index is 1080. The number of hydrogen-bond acceptors (Lipinski definition) is 5. The minimum atomic E-state index is -0.840. The first-order valence-electron chi connectivity index (χ1n) is 7.94. The van der Waals surface area contributed by atoms with Crippen molar-refractivity contribution in [1.29, 1.82) is 0 Å². The molecule has 1 aromatic heterocycles. The molecule has 2 N–H and O–H groups in total. The van der Waals surface area contributed by atoms with Crippen molar-refractivity contribution < 1.29 is 14.6 Å². The van der Waals surface area contributed by atoms with Gasteiger partial charge in [-0.1, -0.05) is 29.8 Å². The lowest BCUT2D eigenvalue weighted by Gasteiger charge is -2.14. The third kappa shape index (κ3) is 3.63. The fraction of sp³-hybridized carbons (Fsp3) is 0.105. The molecule has 7 nitrogen and oxygen atoms in total. The van der Waals surface area contributed by atoms with Crippen LogP contribution in [0, 0.1) is 0 Å². The van der Waals surface area contributed by atoms with Gasteiger partial charge in [0.05, 0.1) is 19.0 Å². The molecule has 0 saturated heterocycles. The average molecular weight is 386 g/mol. The van der Waals surface area contributed by atoms with Crippen LogP contribution in [0.5, 0.6) is 11.5 Å². The number of aromatic hydroxyl groups is 1. The van der Waals surface area contributed by atoms with Crippen molar-refractivity contribution in [2.45, 2.75) is 0 Å². The fourth-order valence-electron chi connectivity index (χ4n) is 2.62. The number of carbonyl (C=O) groups is 1. The molecule has 8 heteroatoms. The Morgan fingerprint density at radius 2 is 2.00 bits per heavy atom. The Morgan fingerprint density at radius 1 is 1.26 bits per heavy atom. The molecule has 0 fully saturated rings. The van der Waals surface area contributed by atoms with Crippen LogP contribution >= 0.6 is 11.6 Å². The van der Waals surface area contributed by atoms with E-state index in [-0.39, 0.29) is 0 Å². The summed E-state index contributed by atoms with van der Waals surface area (Å²) >= 11 is 6.17. The maximum atomic E-state index is 12.0. The molecule has 0 bridgehead atoms. The van der Waals surface area contributed by atoms with Gasteiger partial charge in [-0.3, -0.25) is 9.59 Å². The van der Waals surface area contributed by atoms with E-state index in [1.165, 1.54) is 18.8 Å². The molecule has 3 rings (SSSR count). The summed E-state index contributed by atoms with van der Waals surface area (Å²) in [6.07, 6.45) is 1.16. The molecule has 1 heterocycles. The topological polar surface area (TPSA) is 93.5 Å². The Morgan fingerprint density at radius 3 is 2.70 bits per heavy atom. The highest BCUT2D eigenvalue weighted by molar-refractivity contribution is 6.31. The quantitative estimate of drug-likeness (QED) is 0.720. The molecule has 0 radical (unpaired) electrons. The Hall–Kier alpha value is -3.32. The Labute approximate surface area is 159 Å². The van der Waals surface area contributed by atoms with E-state index >= 15 is 0 Å². The van der Waals surface area contributed by atoms with Gasteiger partial charge in [0, 0.05) is 17.6 Å². The fourth-order valence-corrected chi connectivity index (χ4v) is 2.85. The van der Waals surface area contributed by atoms with Gasteiger partial charge in [0.2, 0.25) is 0 Å². The first kappa shape index (κ1) is 18.5. The molecule has 0 atom stereocenters. The lowest BCUT2D eigenvalue weighted by Crippen LogP contribution is -2.29. The number of halogens is 1. The highest BCUT2D eigenvalue weighted by Crippen LogP contribution is 2.32. The minimum absolute atomic E-state index is 0.407. The predicted molar refractivity (Wildman–Crippen MR) is 102 cm³/mol. The number of carbonyl (C=O) groups excluding carboxylic acids is 1. The van der Waals surface area contributed by atoms with Gasteiger partial charge < -0.3 is 15.2 Å². The van der Waals surface area contributed by atoms with Crippen LogP contribution in [-0.4, -0.2) is 35.0 Å². The molecular weight excluding hydrogens is 370 g/mol. The van der Waals surface area contributed by atoms with E-state index in [2.05, 4.69) is 10.4 Å². The largest absolute Gasteiger partial charge is 0.503 e. The van der Waals surface area contributed by atoms with Crippen LogP contribution in [-0.2, 0) is 0 Å². The number of aromatic nitrogens is 2. The number of methoxy groups -OCH3 is 1. The molecule has 0 spiro atoms. The van der Waals surface area contributed by atoms with E-state index in [4.69, 9.17) is 16.3 Å². The van der Waals surface area contributed by atoms with E-state index in [0.717, 1.165) is 17.3 Å². The number of para-hydroxylation sites is 1. The van der Waals surface area contributed by atoms with E-state index < -0.39 is 22.8 Å². The minimum Gasteiger partial charge on any atom is -0.503 e. The van der Waals surface area contributed by atoms with Crippen molar-refractivity contribution in [2.75, 3.05) is 14.2 Å². The predicted octanol–water partition coefficient (Wildman–Crippen LogP) is 2.63. The summed E-state index contributed by atoms with van der Waals surface area (Å²) in [5.41, 5.74) is 0.763. The third-order valence-electron chi connectivity index (χ3n) is 3.91. The van der Waals surface area contributed by atoms with Crippen molar-refractivity contribution in [3.05, 3.63) is 69.6 Å². The van der Waals surface area contributed by atoms with Gasteiger partial charge in [-0.05, 0) is 29.8 Å². The van der Waals surface area contributed by atoms with Crippen LogP contribution in [0.4, 0.5) is 0 Å². The molecule has 2 aromatic carbocycles.